The number of hydrogen-bond donors (Lipinski definition) is 0. The largest absolute Gasteiger partial charge is 0.236 e. The molecule has 2 heterocycles. The van der Waals surface area contributed by atoms with Gasteiger partial charge in [0.1, 0.15) is 0 Å². The van der Waals surface area contributed by atoms with Gasteiger partial charge < -0.3 is 0 Å². The maximum atomic E-state index is 4.37. The topological polar surface area (TPSA) is 30.7 Å². The molecule has 0 bridgehead atoms. The molecule has 0 saturated heterocycles. The van der Waals surface area contributed by atoms with Crippen molar-refractivity contribution < 1.29 is 0 Å². The summed E-state index contributed by atoms with van der Waals surface area (Å²) in [5, 5.41) is 4.37. The van der Waals surface area contributed by atoms with E-state index < -0.39 is 0 Å². The normalized spacial score (nSPS) is 10.6. The summed E-state index contributed by atoms with van der Waals surface area (Å²) < 4.78 is 2.75. The lowest BCUT2D eigenvalue weighted by molar-refractivity contribution is 0.846. The van der Waals surface area contributed by atoms with Gasteiger partial charge in [0.2, 0.25) is 0 Å². The average Bonchev–Trinajstić information content (AvgIpc) is 2.89. The van der Waals surface area contributed by atoms with Gasteiger partial charge in [0, 0.05) is 22.4 Å². The molecule has 0 amide bonds. The average molecular weight is 314 g/mol. The minimum Gasteiger partial charge on any atom is -0.236 e. The Balaban J connectivity index is 2.00. The number of rotatable bonds is 2. The minimum absolute atomic E-state index is 0.808. The lowest BCUT2D eigenvalue weighted by atomic mass is 10.0. The highest BCUT2D eigenvalue weighted by molar-refractivity contribution is 9.10. The number of hydrogen-bond acceptors (Lipinski definition) is 2. The van der Waals surface area contributed by atoms with Crippen LogP contribution in [0, 0.1) is 6.92 Å². The van der Waals surface area contributed by atoms with Crippen molar-refractivity contribution in [1.29, 1.82) is 0 Å². The molecule has 0 fully saturated rings. The Kier molecular flexibility index (Phi) is 3.17. The van der Waals surface area contributed by atoms with Gasteiger partial charge in [-0.2, -0.15) is 5.10 Å². The Hall–Kier alpha value is -1.94. The highest BCUT2D eigenvalue weighted by atomic mass is 79.9. The number of aromatic nitrogens is 3. The van der Waals surface area contributed by atoms with Gasteiger partial charge in [-0.05, 0) is 46.1 Å². The molecule has 4 heteroatoms. The van der Waals surface area contributed by atoms with Gasteiger partial charge in [-0.25, -0.2) is 9.67 Å². The molecule has 3 aromatic rings. The van der Waals surface area contributed by atoms with Gasteiger partial charge >= 0.3 is 0 Å². The highest BCUT2D eigenvalue weighted by Gasteiger charge is 2.06. The second-order valence-corrected chi connectivity index (χ2v) is 5.24. The first-order valence-corrected chi connectivity index (χ1v) is 6.76. The zero-order chi connectivity index (χ0) is 13.2. The van der Waals surface area contributed by atoms with E-state index in [-0.39, 0.29) is 0 Å². The lowest BCUT2D eigenvalue weighted by Crippen LogP contribution is -1.96. The highest BCUT2D eigenvalue weighted by Crippen LogP contribution is 2.23. The van der Waals surface area contributed by atoms with Gasteiger partial charge in [0.25, 0.3) is 0 Å². The van der Waals surface area contributed by atoms with Crippen LogP contribution in [-0.4, -0.2) is 14.8 Å². The molecule has 19 heavy (non-hydrogen) atoms. The van der Waals surface area contributed by atoms with Crippen molar-refractivity contribution in [3.8, 4) is 16.9 Å². The molecule has 94 valence electrons. The van der Waals surface area contributed by atoms with Crippen LogP contribution in [0.25, 0.3) is 16.9 Å². The SMILES string of the molecule is Cc1ccccc1-c1cnn(-c2ccc(Br)cn2)c1. The summed E-state index contributed by atoms with van der Waals surface area (Å²) in [6.45, 7) is 2.10. The molecule has 0 aliphatic rings. The van der Waals surface area contributed by atoms with Gasteiger partial charge in [0.05, 0.1) is 6.20 Å². The van der Waals surface area contributed by atoms with E-state index >= 15 is 0 Å². The predicted molar refractivity (Wildman–Crippen MR) is 79.2 cm³/mol. The molecule has 0 aliphatic heterocycles. The molecule has 0 aliphatic carbocycles. The first-order chi connectivity index (χ1) is 9.24. The van der Waals surface area contributed by atoms with Crippen molar-refractivity contribution in [2.45, 2.75) is 6.92 Å². The molecule has 0 unspecified atom stereocenters. The first kappa shape index (κ1) is 12.1. The maximum absolute atomic E-state index is 4.37. The van der Waals surface area contributed by atoms with E-state index in [4.69, 9.17) is 0 Å². The summed E-state index contributed by atoms with van der Waals surface area (Å²) in [7, 11) is 0. The second-order valence-electron chi connectivity index (χ2n) is 4.32. The molecule has 0 N–H and O–H groups in total. The molecule has 3 nitrogen and oxygen atoms in total. The van der Waals surface area contributed by atoms with E-state index in [0.29, 0.717) is 0 Å². The van der Waals surface area contributed by atoms with Crippen LogP contribution in [0.3, 0.4) is 0 Å². The van der Waals surface area contributed by atoms with Crippen LogP contribution in [0.5, 0.6) is 0 Å². The molecule has 0 atom stereocenters. The summed E-state index contributed by atoms with van der Waals surface area (Å²) in [6, 6.07) is 12.2. The zero-order valence-electron chi connectivity index (χ0n) is 10.4. The van der Waals surface area contributed by atoms with Crippen LogP contribution in [0.4, 0.5) is 0 Å². The van der Waals surface area contributed by atoms with E-state index in [1.54, 1.807) is 10.9 Å². The smallest absolute Gasteiger partial charge is 0.153 e. The Morgan fingerprint density at radius 3 is 2.63 bits per heavy atom. The zero-order valence-corrected chi connectivity index (χ0v) is 12.0. The fraction of sp³-hybridized carbons (Fsp3) is 0.0667. The van der Waals surface area contributed by atoms with Crippen molar-refractivity contribution in [3.05, 3.63) is 65.0 Å². The first-order valence-electron chi connectivity index (χ1n) is 5.96. The molecule has 0 spiro atoms. The van der Waals surface area contributed by atoms with E-state index in [2.05, 4.69) is 45.1 Å². The van der Waals surface area contributed by atoms with Crippen molar-refractivity contribution >= 4 is 15.9 Å². The quantitative estimate of drug-likeness (QED) is 0.715. The molecule has 0 saturated carbocycles. The number of halogens is 1. The van der Waals surface area contributed by atoms with Crippen LogP contribution in [0.1, 0.15) is 5.56 Å². The van der Waals surface area contributed by atoms with Crippen LogP contribution < -0.4 is 0 Å². The number of aryl methyl sites for hydroxylation is 1. The standard InChI is InChI=1S/C15H12BrN3/c1-11-4-2-3-5-14(11)12-8-18-19(10-12)15-7-6-13(16)9-17-15/h2-10H,1H3. The molecule has 0 radical (unpaired) electrons. The Bertz CT molecular complexity index is 701. The maximum Gasteiger partial charge on any atom is 0.153 e. The van der Waals surface area contributed by atoms with Crippen molar-refractivity contribution in [3.63, 3.8) is 0 Å². The predicted octanol–water partition coefficient (Wildman–Crippen LogP) is 4.01. The fourth-order valence-corrected chi connectivity index (χ4v) is 2.22. The Morgan fingerprint density at radius 2 is 1.89 bits per heavy atom. The van der Waals surface area contributed by atoms with Crippen molar-refractivity contribution in [1.82, 2.24) is 14.8 Å². The summed E-state index contributed by atoms with van der Waals surface area (Å²) in [4.78, 5) is 4.33. The summed E-state index contributed by atoms with van der Waals surface area (Å²) in [5.41, 5.74) is 3.54. The van der Waals surface area contributed by atoms with Gasteiger partial charge in [-0.3, -0.25) is 0 Å². The third-order valence-corrected chi connectivity index (χ3v) is 3.45. The van der Waals surface area contributed by atoms with E-state index in [0.717, 1.165) is 15.9 Å². The molecule has 1 aromatic carbocycles. The molecular weight excluding hydrogens is 302 g/mol. The van der Waals surface area contributed by atoms with Crippen LogP contribution in [-0.2, 0) is 0 Å². The van der Waals surface area contributed by atoms with Gasteiger partial charge in [0.15, 0.2) is 5.82 Å². The number of pyridine rings is 1. The number of nitrogens with zero attached hydrogens (tertiary/aromatic N) is 3. The summed E-state index contributed by atoms with van der Waals surface area (Å²) in [6.07, 6.45) is 5.63. The Labute approximate surface area is 120 Å². The fourth-order valence-electron chi connectivity index (χ4n) is 1.99. The third-order valence-electron chi connectivity index (χ3n) is 2.99. The van der Waals surface area contributed by atoms with E-state index in [1.807, 2.05) is 36.7 Å². The van der Waals surface area contributed by atoms with Crippen LogP contribution in [0.2, 0.25) is 0 Å². The monoisotopic (exact) mass is 313 g/mol. The molecular formula is C15H12BrN3. The second kappa shape index (κ2) is 4.97. The summed E-state index contributed by atoms with van der Waals surface area (Å²) in [5.74, 6) is 0.808. The molecule has 2 aromatic heterocycles. The van der Waals surface area contributed by atoms with E-state index in [1.165, 1.54) is 11.1 Å². The molecule has 3 rings (SSSR count). The summed E-state index contributed by atoms with van der Waals surface area (Å²) >= 11 is 3.38. The third kappa shape index (κ3) is 2.44. The van der Waals surface area contributed by atoms with Crippen molar-refractivity contribution in [2.24, 2.45) is 0 Å². The van der Waals surface area contributed by atoms with Gasteiger partial charge in [-0.15, -0.1) is 0 Å². The Morgan fingerprint density at radius 1 is 1.05 bits per heavy atom. The van der Waals surface area contributed by atoms with Crippen LogP contribution >= 0.6 is 15.9 Å². The van der Waals surface area contributed by atoms with Crippen molar-refractivity contribution in [2.75, 3.05) is 0 Å². The number of benzene rings is 1. The van der Waals surface area contributed by atoms with Gasteiger partial charge in [-0.1, -0.05) is 24.3 Å². The minimum atomic E-state index is 0.808. The van der Waals surface area contributed by atoms with Crippen LogP contribution in [0.15, 0.2) is 59.5 Å². The van der Waals surface area contributed by atoms with E-state index in [9.17, 15) is 0 Å². The lowest BCUT2D eigenvalue weighted by Gasteiger charge is -2.02.